The van der Waals surface area contributed by atoms with Crippen LogP contribution in [0.15, 0.2) is 0 Å². The van der Waals surface area contributed by atoms with Crippen LogP contribution in [0, 0.1) is 0 Å². The number of amides is 1. The van der Waals surface area contributed by atoms with Gasteiger partial charge in [0.2, 0.25) is 5.91 Å². The second-order valence-corrected chi connectivity index (χ2v) is 6.72. The lowest BCUT2D eigenvalue weighted by Gasteiger charge is -2.43. The molecule has 0 aromatic rings. The molecule has 0 aromatic carbocycles. The van der Waals surface area contributed by atoms with E-state index >= 15 is 0 Å². The van der Waals surface area contributed by atoms with Gasteiger partial charge in [0.15, 0.2) is 0 Å². The van der Waals surface area contributed by atoms with E-state index in [1.165, 1.54) is 0 Å². The molecular formula is C14H28N4OS. The summed E-state index contributed by atoms with van der Waals surface area (Å²) in [4.78, 5) is 18.9. The van der Waals surface area contributed by atoms with E-state index < -0.39 is 0 Å². The first-order valence-corrected chi connectivity index (χ1v) is 7.60. The maximum absolute atomic E-state index is 12.1. The third-order valence-corrected chi connectivity index (χ3v) is 4.79. The first kappa shape index (κ1) is 17.3. The minimum absolute atomic E-state index is 0.182. The molecule has 0 bridgehead atoms. The average Bonchev–Trinajstić information content (AvgIpc) is 2.38. The minimum atomic E-state index is -0.250. The van der Waals surface area contributed by atoms with Gasteiger partial charge in [0.25, 0.3) is 0 Å². The molecule has 0 aliphatic carbocycles. The zero-order valence-electron chi connectivity index (χ0n) is 13.3. The molecule has 116 valence electrons. The fourth-order valence-corrected chi connectivity index (χ4v) is 2.34. The van der Waals surface area contributed by atoms with Crippen molar-refractivity contribution in [3.05, 3.63) is 0 Å². The van der Waals surface area contributed by atoms with Gasteiger partial charge in [0, 0.05) is 39.3 Å². The molecular weight excluding hydrogens is 272 g/mol. The lowest BCUT2D eigenvalue weighted by atomic mass is 10.0. The van der Waals surface area contributed by atoms with E-state index in [1.807, 2.05) is 20.9 Å². The van der Waals surface area contributed by atoms with E-state index in [9.17, 15) is 4.79 Å². The fraction of sp³-hybridized carbons (Fsp3) is 0.857. The lowest BCUT2D eigenvalue weighted by Crippen LogP contribution is -2.60. The van der Waals surface area contributed by atoms with Crippen molar-refractivity contribution in [2.24, 2.45) is 5.73 Å². The summed E-state index contributed by atoms with van der Waals surface area (Å²) in [6, 6.07) is 0.248. The van der Waals surface area contributed by atoms with Crippen LogP contribution in [-0.4, -0.2) is 76.9 Å². The van der Waals surface area contributed by atoms with Crippen molar-refractivity contribution in [2.45, 2.75) is 39.3 Å². The highest BCUT2D eigenvalue weighted by atomic mass is 32.1. The predicted molar refractivity (Wildman–Crippen MR) is 86.8 cm³/mol. The van der Waals surface area contributed by atoms with Gasteiger partial charge in [0.1, 0.15) is 0 Å². The Labute approximate surface area is 128 Å². The number of piperazine rings is 1. The standard InChI is InChI=1S/C14H28N4OS/c1-11(2)16(5)12(19)10-17-6-8-18(9-7-17)14(3,4)13(15)20/h11H,6-10H2,1-5H3,(H2,15,20). The number of thiocarbonyl (C=S) groups is 1. The van der Waals surface area contributed by atoms with Crippen LogP contribution >= 0.6 is 12.2 Å². The van der Waals surface area contributed by atoms with Gasteiger partial charge in [-0.05, 0) is 27.7 Å². The van der Waals surface area contributed by atoms with Crippen LogP contribution in [0.5, 0.6) is 0 Å². The number of hydrogen-bond acceptors (Lipinski definition) is 4. The van der Waals surface area contributed by atoms with Crippen molar-refractivity contribution >= 4 is 23.1 Å². The molecule has 1 heterocycles. The highest BCUT2D eigenvalue weighted by Gasteiger charge is 2.32. The van der Waals surface area contributed by atoms with Gasteiger partial charge < -0.3 is 10.6 Å². The Hall–Kier alpha value is -0.720. The molecule has 1 amide bonds. The quantitative estimate of drug-likeness (QED) is 0.751. The highest BCUT2D eigenvalue weighted by molar-refractivity contribution is 7.80. The number of likely N-dealkylation sites (N-methyl/N-ethyl adjacent to an activating group) is 1. The number of hydrogen-bond donors (Lipinski definition) is 1. The summed E-state index contributed by atoms with van der Waals surface area (Å²) in [6.45, 7) is 12.2. The summed E-state index contributed by atoms with van der Waals surface area (Å²) in [5.41, 5.74) is 5.56. The Morgan fingerprint density at radius 3 is 2.20 bits per heavy atom. The molecule has 1 aliphatic heterocycles. The molecule has 1 rings (SSSR count). The zero-order chi connectivity index (χ0) is 15.5. The van der Waals surface area contributed by atoms with Crippen LogP contribution in [0.4, 0.5) is 0 Å². The fourth-order valence-electron chi connectivity index (χ4n) is 2.21. The summed E-state index contributed by atoms with van der Waals surface area (Å²) >= 11 is 5.14. The highest BCUT2D eigenvalue weighted by Crippen LogP contribution is 2.17. The Kier molecular flexibility index (Phi) is 5.91. The van der Waals surface area contributed by atoms with Crippen molar-refractivity contribution in [1.82, 2.24) is 14.7 Å². The molecule has 0 spiro atoms. The minimum Gasteiger partial charge on any atom is -0.392 e. The normalized spacial score (nSPS) is 18.3. The summed E-state index contributed by atoms with van der Waals surface area (Å²) in [6.07, 6.45) is 0. The summed E-state index contributed by atoms with van der Waals surface area (Å²) in [5.74, 6) is 0.182. The van der Waals surface area contributed by atoms with E-state index in [0.29, 0.717) is 11.5 Å². The zero-order valence-corrected chi connectivity index (χ0v) is 14.2. The summed E-state index contributed by atoms with van der Waals surface area (Å²) < 4.78 is 0. The number of nitrogens with two attached hydrogens (primary N) is 1. The van der Waals surface area contributed by atoms with Gasteiger partial charge in [-0.25, -0.2) is 0 Å². The van der Waals surface area contributed by atoms with Crippen LogP contribution in [0.3, 0.4) is 0 Å². The van der Waals surface area contributed by atoms with Crippen LogP contribution in [0.25, 0.3) is 0 Å². The second kappa shape index (κ2) is 6.83. The summed E-state index contributed by atoms with van der Waals surface area (Å²) in [5, 5.41) is 0. The number of nitrogens with zero attached hydrogens (tertiary/aromatic N) is 3. The first-order chi connectivity index (χ1) is 9.16. The average molecular weight is 300 g/mol. The van der Waals surface area contributed by atoms with Crippen molar-refractivity contribution in [3.8, 4) is 0 Å². The largest absolute Gasteiger partial charge is 0.392 e. The van der Waals surface area contributed by atoms with E-state index in [4.69, 9.17) is 18.0 Å². The Morgan fingerprint density at radius 1 is 1.30 bits per heavy atom. The molecule has 1 fully saturated rings. The molecule has 2 N–H and O–H groups in total. The lowest BCUT2D eigenvalue weighted by molar-refractivity contribution is -0.133. The number of carbonyl (C=O) groups excluding carboxylic acids is 1. The van der Waals surface area contributed by atoms with Crippen LogP contribution in [-0.2, 0) is 4.79 Å². The van der Waals surface area contributed by atoms with Gasteiger partial charge in [-0.3, -0.25) is 14.6 Å². The van der Waals surface area contributed by atoms with Crippen molar-refractivity contribution in [3.63, 3.8) is 0 Å². The number of carbonyl (C=O) groups is 1. The van der Waals surface area contributed by atoms with Gasteiger partial charge in [-0.2, -0.15) is 0 Å². The Morgan fingerprint density at radius 2 is 1.80 bits per heavy atom. The Balaban J connectivity index is 2.47. The predicted octanol–water partition coefficient (Wildman–Crippen LogP) is 0.536. The third-order valence-electron chi connectivity index (χ3n) is 4.29. The molecule has 20 heavy (non-hydrogen) atoms. The second-order valence-electron chi connectivity index (χ2n) is 6.28. The van der Waals surface area contributed by atoms with E-state index in [2.05, 4.69) is 23.6 Å². The smallest absolute Gasteiger partial charge is 0.236 e. The van der Waals surface area contributed by atoms with E-state index in [1.54, 1.807) is 4.90 Å². The van der Waals surface area contributed by atoms with E-state index in [0.717, 1.165) is 26.2 Å². The maximum atomic E-state index is 12.1. The number of rotatable bonds is 5. The van der Waals surface area contributed by atoms with Gasteiger partial charge in [-0.15, -0.1) is 0 Å². The molecule has 5 nitrogen and oxygen atoms in total. The third kappa shape index (κ3) is 4.14. The van der Waals surface area contributed by atoms with Crippen molar-refractivity contribution in [2.75, 3.05) is 39.8 Å². The molecule has 0 radical (unpaired) electrons. The summed E-state index contributed by atoms with van der Waals surface area (Å²) in [7, 11) is 1.86. The molecule has 6 heteroatoms. The van der Waals surface area contributed by atoms with Gasteiger partial charge in [-0.1, -0.05) is 12.2 Å². The first-order valence-electron chi connectivity index (χ1n) is 7.19. The molecule has 0 aromatic heterocycles. The molecule has 1 aliphatic rings. The van der Waals surface area contributed by atoms with Crippen molar-refractivity contribution < 1.29 is 4.79 Å². The molecule has 0 unspecified atom stereocenters. The monoisotopic (exact) mass is 300 g/mol. The van der Waals surface area contributed by atoms with E-state index in [-0.39, 0.29) is 17.5 Å². The van der Waals surface area contributed by atoms with Crippen LogP contribution < -0.4 is 5.73 Å². The maximum Gasteiger partial charge on any atom is 0.236 e. The van der Waals surface area contributed by atoms with Crippen LogP contribution in [0.1, 0.15) is 27.7 Å². The van der Waals surface area contributed by atoms with Crippen LogP contribution in [0.2, 0.25) is 0 Å². The molecule has 0 saturated carbocycles. The topological polar surface area (TPSA) is 52.8 Å². The van der Waals surface area contributed by atoms with Gasteiger partial charge in [0.05, 0.1) is 17.1 Å². The van der Waals surface area contributed by atoms with Gasteiger partial charge >= 0.3 is 0 Å². The SMILES string of the molecule is CC(C)N(C)C(=O)CN1CCN(C(C)(C)C(N)=S)CC1. The van der Waals surface area contributed by atoms with Crippen molar-refractivity contribution in [1.29, 1.82) is 0 Å². The molecule has 1 saturated heterocycles. The molecule has 0 atom stereocenters. The Bertz CT molecular complexity index is 362.